The third kappa shape index (κ3) is 4.57. The first kappa shape index (κ1) is 17.9. The highest BCUT2D eigenvalue weighted by molar-refractivity contribution is 7.99. The fourth-order valence-corrected chi connectivity index (χ4v) is 3.89. The first-order valence-corrected chi connectivity index (χ1v) is 9.97. The molecule has 1 aliphatic carbocycles. The molecule has 2 aromatic carbocycles. The number of hydrogen-bond donors (Lipinski definition) is 1. The van der Waals surface area contributed by atoms with Crippen LogP contribution in [0.25, 0.3) is 0 Å². The molecule has 1 atom stereocenters. The molecular formula is C21H25NO2S. The minimum atomic E-state index is -0.540. The first-order chi connectivity index (χ1) is 12.2. The van der Waals surface area contributed by atoms with E-state index in [4.69, 9.17) is 4.74 Å². The van der Waals surface area contributed by atoms with Gasteiger partial charge in [0.25, 0.3) is 5.91 Å². The number of para-hydroxylation sites is 1. The molecule has 0 radical (unpaired) electrons. The Morgan fingerprint density at radius 2 is 1.92 bits per heavy atom. The molecule has 25 heavy (non-hydrogen) atoms. The van der Waals surface area contributed by atoms with Crippen LogP contribution >= 0.6 is 11.8 Å². The predicted molar refractivity (Wildman–Crippen MR) is 105 cm³/mol. The van der Waals surface area contributed by atoms with Gasteiger partial charge in [-0.1, -0.05) is 25.1 Å². The quantitative estimate of drug-likeness (QED) is 0.734. The van der Waals surface area contributed by atoms with Crippen LogP contribution in [0.15, 0.2) is 47.4 Å². The molecule has 3 nitrogen and oxygen atoms in total. The van der Waals surface area contributed by atoms with Crippen LogP contribution in [0, 0.1) is 0 Å². The number of aryl methyl sites for hydroxylation is 2. The summed E-state index contributed by atoms with van der Waals surface area (Å²) in [5.74, 6) is 1.62. The average Bonchev–Trinajstić information content (AvgIpc) is 2.63. The van der Waals surface area contributed by atoms with Gasteiger partial charge in [-0.05, 0) is 73.8 Å². The molecule has 0 saturated carbocycles. The minimum absolute atomic E-state index is 0.123. The van der Waals surface area contributed by atoms with Gasteiger partial charge in [-0.3, -0.25) is 4.79 Å². The van der Waals surface area contributed by atoms with Crippen molar-refractivity contribution in [1.82, 2.24) is 0 Å². The van der Waals surface area contributed by atoms with Gasteiger partial charge in [-0.2, -0.15) is 0 Å². The van der Waals surface area contributed by atoms with Gasteiger partial charge in [0.05, 0.1) is 5.69 Å². The molecule has 1 amide bonds. The smallest absolute Gasteiger partial charge is 0.265 e. The molecule has 4 heteroatoms. The molecule has 0 heterocycles. The van der Waals surface area contributed by atoms with Crippen molar-refractivity contribution < 1.29 is 9.53 Å². The summed E-state index contributed by atoms with van der Waals surface area (Å²) in [6, 6.07) is 14.1. The zero-order valence-electron chi connectivity index (χ0n) is 14.9. The molecule has 1 aliphatic rings. The molecule has 1 N–H and O–H groups in total. The van der Waals surface area contributed by atoms with Crippen molar-refractivity contribution in [2.75, 3.05) is 11.1 Å². The molecule has 0 aromatic heterocycles. The van der Waals surface area contributed by atoms with E-state index in [0.717, 1.165) is 34.9 Å². The van der Waals surface area contributed by atoms with Gasteiger partial charge in [0.1, 0.15) is 5.75 Å². The summed E-state index contributed by atoms with van der Waals surface area (Å²) in [6.07, 6.45) is 4.22. The standard InChI is InChI=1S/C21H25NO2S/c1-3-25-20-11-7-6-10-19(20)22-21(23)15(2)24-18-13-12-16-8-4-5-9-17(16)14-18/h6-7,10-15H,3-5,8-9H2,1-2H3,(H,22,23)/t15-/m1/s1. The molecule has 0 spiro atoms. The van der Waals surface area contributed by atoms with E-state index in [2.05, 4.69) is 24.4 Å². The second-order valence-corrected chi connectivity index (χ2v) is 7.62. The number of rotatable bonds is 6. The lowest BCUT2D eigenvalue weighted by Gasteiger charge is -2.19. The number of thioether (sulfide) groups is 1. The summed E-state index contributed by atoms with van der Waals surface area (Å²) < 4.78 is 5.90. The van der Waals surface area contributed by atoms with Crippen LogP contribution in [0.2, 0.25) is 0 Å². The fraction of sp³-hybridized carbons (Fsp3) is 0.381. The minimum Gasteiger partial charge on any atom is -0.481 e. The molecule has 0 unspecified atom stereocenters. The lowest BCUT2D eigenvalue weighted by Crippen LogP contribution is -2.30. The van der Waals surface area contributed by atoms with Gasteiger partial charge in [0.2, 0.25) is 0 Å². The average molecular weight is 356 g/mol. The third-order valence-electron chi connectivity index (χ3n) is 4.45. The Morgan fingerprint density at radius 1 is 1.16 bits per heavy atom. The molecule has 2 aromatic rings. The summed E-state index contributed by atoms with van der Waals surface area (Å²) in [6.45, 7) is 3.90. The topological polar surface area (TPSA) is 38.3 Å². The Kier molecular flexibility index (Phi) is 6.03. The normalized spacial score (nSPS) is 14.5. The number of nitrogens with one attached hydrogen (secondary N) is 1. The zero-order valence-corrected chi connectivity index (χ0v) is 15.7. The largest absolute Gasteiger partial charge is 0.481 e. The Morgan fingerprint density at radius 3 is 2.72 bits per heavy atom. The van der Waals surface area contributed by atoms with E-state index in [1.54, 1.807) is 18.7 Å². The predicted octanol–water partition coefficient (Wildman–Crippen LogP) is 5.08. The lowest BCUT2D eigenvalue weighted by molar-refractivity contribution is -0.122. The van der Waals surface area contributed by atoms with Crippen LogP contribution in [0.4, 0.5) is 5.69 Å². The highest BCUT2D eigenvalue weighted by Crippen LogP contribution is 2.28. The number of amides is 1. The van der Waals surface area contributed by atoms with Crippen molar-refractivity contribution in [3.63, 3.8) is 0 Å². The number of ether oxygens (including phenoxy) is 1. The first-order valence-electron chi connectivity index (χ1n) is 8.98. The van der Waals surface area contributed by atoms with E-state index in [9.17, 15) is 4.79 Å². The molecule has 0 aliphatic heterocycles. The van der Waals surface area contributed by atoms with Crippen LogP contribution in [-0.4, -0.2) is 17.8 Å². The second kappa shape index (κ2) is 8.43. The molecule has 0 saturated heterocycles. The van der Waals surface area contributed by atoms with E-state index in [1.165, 1.54) is 24.0 Å². The number of fused-ring (bicyclic) bond motifs is 1. The lowest BCUT2D eigenvalue weighted by atomic mass is 9.92. The van der Waals surface area contributed by atoms with E-state index < -0.39 is 6.10 Å². The Balaban J connectivity index is 1.65. The van der Waals surface area contributed by atoms with Gasteiger partial charge < -0.3 is 10.1 Å². The number of carbonyl (C=O) groups excluding carboxylic acids is 1. The van der Waals surface area contributed by atoms with Crippen molar-refractivity contribution in [3.8, 4) is 5.75 Å². The van der Waals surface area contributed by atoms with Crippen molar-refractivity contribution >= 4 is 23.4 Å². The molecule has 132 valence electrons. The van der Waals surface area contributed by atoms with Gasteiger partial charge in [0, 0.05) is 4.90 Å². The van der Waals surface area contributed by atoms with Crippen molar-refractivity contribution in [2.45, 2.75) is 50.5 Å². The molecule has 0 bridgehead atoms. The summed E-state index contributed by atoms with van der Waals surface area (Å²) >= 11 is 1.72. The number of hydrogen-bond acceptors (Lipinski definition) is 3. The maximum Gasteiger partial charge on any atom is 0.265 e. The van der Waals surface area contributed by atoms with Crippen LogP contribution in [-0.2, 0) is 17.6 Å². The second-order valence-electron chi connectivity index (χ2n) is 6.32. The van der Waals surface area contributed by atoms with Gasteiger partial charge >= 0.3 is 0 Å². The summed E-state index contributed by atoms with van der Waals surface area (Å²) in [7, 11) is 0. The van der Waals surface area contributed by atoms with Crippen LogP contribution in [0.5, 0.6) is 5.75 Å². The van der Waals surface area contributed by atoms with Gasteiger partial charge in [-0.15, -0.1) is 11.8 Å². The summed E-state index contributed by atoms with van der Waals surface area (Å²) in [5, 5.41) is 2.99. The Bertz CT molecular complexity index is 744. The van der Waals surface area contributed by atoms with E-state index in [-0.39, 0.29) is 5.91 Å². The highest BCUT2D eigenvalue weighted by Gasteiger charge is 2.17. The fourth-order valence-electron chi connectivity index (χ4n) is 3.13. The van der Waals surface area contributed by atoms with Crippen LogP contribution in [0.3, 0.4) is 0 Å². The maximum absolute atomic E-state index is 12.5. The van der Waals surface area contributed by atoms with E-state index >= 15 is 0 Å². The number of carbonyl (C=O) groups is 1. The Hall–Kier alpha value is -1.94. The molecule has 0 fully saturated rings. The number of benzene rings is 2. The van der Waals surface area contributed by atoms with E-state index in [0.29, 0.717) is 0 Å². The summed E-state index contributed by atoms with van der Waals surface area (Å²) in [4.78, 5) is 13.6. The monoisotopic (exact) mass is 355 g/mol. The van der Waals surface area contributed by atoms with Gasteiger partial charge in [-0.25, -0.2) is 0 Å². The van der Waals surface area contributed by atoms with Crippen LogP contribution < -0.4 is 10.1 Å². The van der Waals surface area contributed by atoms with Crippen molar-refractivity contribution in [2.24, 2.45) is 0 Å². The maximum atomic E-state index is 12.5. The summed E-state index contributed by atoms with van der Waals surface area (Å²) in [5.41, 5.74) is 3.63. The van der Waals surface area contributed by atoms with Crippen LogP contribution in [0.1, 0.15) is 37.8 Å². The SMILES string of the molecule is CCSc1ccccc1NC(=O)[C@@H](C)Oc1ccc2c(c1)CCCC2. The van der Waals surface area contributed by atoms with Gasteiger partial charge in [0.15, 0.2) is 6.10 Å². The van der Waals surface area contributed by atoms with Crippen molar-refractivity contribution in [3.05, 3.63) is 53.6 Å². The Labute approximate surface area is 154 Å². The molecular weight excluding hydrogens is 330 g/mol. The molecule has 3 rings (SSSR count). The highest BCUT2D eigenvalue weighted by atomic mass is 32.2. The van der Waals surface area contributed by atoms with Crippen molar-refractivity contribution in [1.29, 1.82) is 0 Å². The number of anilines is 1. The third-order valence-corrected chi connectivity index (χ3v) is 5.40. The zero-order chi connectivity index (χ0) is 17.6. The van der Waals surface area contributed by atoms with E-state index in [1.807, 2.05) is 30.3 Å².